The van der Waals surface area contributed by atoms with Gasteiger partial charge in [0.15, 0.2) is 0 Å². The van der Waals surface area contributed by atoms with E-state index in [1.165, 1.54) is 18.7 Å². The van der Waals surface area contributed by atoms with Gasteiger partial charge in [0.05, 0.1) is 12.7 Å². The maximum absolute atomic E-state index is 12.2. The summed E-state index contributed by atoms with van der Waals surface area (Å²) in [7, 11) is 1.35. The Morgan fingerprint density at radius 1 is 1.10 bits per heavy atom. The van der Waals surface area contributed by atoms with E-state index in [4.69, 9.17) is 11.6 Å². The predicted octanol–water partition coefficient (Wildman–Crippen LogP) is 3.92. The first-order chi connectivity index (χ1) is 14.0. The fraction of sp³-hybridized carbons (Fsp3) is 0.304. The Labute approximate surface area is 176 Å². The van der Waals surface area contributed by atoms with Crippen LogP contribution in [-0.2, 0) is 16.1 Å². The number of nitrogens with one attached hydrogen (secondary N) is 1. The van der Waals surface area contributed by atoms with Gasteiger partial charge in [-0.15, -0.1) is 0 Å². The van der Waals surface area contributed by atoms with Crippen LogP contribution in [-0.4, -0.2) is 43.0 Å². The van der Waals surface area contributed by atoms with Crippen molar-refractivity contribution in [1.29, 1.82) is 0 Å². The van der Waals surface area contributed by atoms with Crippen LogP contribution in [0.3, 0.4) is 0 Å². The highest BCUT2D eigenvalue weighted by Gasteiger charge is 2.20. The molecule has 0 aromatic heterocycles. The molecule has 5 nitrogen and oxygen atoms in total. The van der Waals surface area contributed by atoms with Gasteiger partial charge in [0.1, 0.15) is 0 Å². The first-order valence-corrected chi connectivity index (χ1v) is 10.0. The molecule has 0 atom stereocenters. The Kier molecular flexibility index (Phi) is 7.44. The second-order valence-electron chi connectivity index (χ2n) is 7.13. The number of nitrogens with zero attached hydrogens (tertiary/aromatic N) is 1. The van der Waals surface area contributed by atoms with Crippen LogP contribution in [0.5, 0.6) is 0 Å². The highest BCUT2D eigenvalue weighted by molar-refractivity contribution is 6.30. The number of benzene rings is 2. The number of hydrogen-bond acceptors (Lipinski definition) is 4. The summed E-state index contributed by atoms with van der Waals surface area (Å²) in [6.07, 6.45) is 5.14. The lowest BCUT2D eigenvalue weighted by Gasteiger charge is -2.32. The molecule has 1 aliphatic rings. The fourth-order valence-electron chi connectivity index (χ4n) is 3.35. The average molecular weight is 413 g/mol. The largest absolute Gasteiger partial charge is 0.465 e. The molecule has 6 heteroatoms. The highest BCUT2D eigenvalue weighted by Crippen LogP contribution is 2.16. The van der Waals surface area contributed by atoms with E-state index in [0.717, 1.165) is 43.1 Å². The number of carbonyl (C=O) groups is 2. The molecule has 0 unspecified atom stereocenters. The normalized spacial score (nSPS) is 15.4. The summed E-state index contributed by atoms with van der Waals surface area (Å²) in [4.78, 5) is 26.0. The molecule has 1 saturated heterocycles. The lowest BCUT2D eigenvalue weighted by atomic mass is 10.0. The maximum Gasteiger partial charge on any atom is 0.337 e. The van der Waals surface area contributed by atoms with Crippen LogP contribution in [0.15, 0.2) is 54.6 Å². The van der Waals surface area contributed by atoms with Crippen LogP contribution in [0.25, 0.3) is 6.08 Å². The van der Waals surface area contributed by atoms with Crippen molar-refractivity contribution in [3.05, 3.63) is 76.3 Å². The summed E-state index contributed by atoms with van der Waals surface area (Å²) in [5, 5.41) is 3.83. The summed E-state index contributed by atoms with van der Waals surface area (Å²) in [5.74, 6) is -0.473. The number of halogens is 1. The molecule has 1 heterocycles. The van der Waals surface area contributed by atoms with Crippen molar-refractivity contribution < 1.29 is 14.3 Å². The van der Waals surface area contributed by atoms with Crippen LogP contribution in [0.4, 0.5) is 0 Å². The SMILES string of the molecule is COC(=O)c1ccc(/C=C/C(=O)NC2CCN(Cc3ccc(Cl)cc3)CC2)cc1. The third kappa shape index (κ3) is 6.44. The minimum absolute atomic E-state index is 0.0989. The molecule has 2 aromatic rings. The average Bonchev–Trinajstić information content (AvgIpc) is 2.75. The number of hydrogen-bond donors (Lipinski definition) is 1. The van der Waals surface area contributed by atoms with Crippen LogP contribution in [0.1, 0.15) is 34.3 Å². The number of esters is 1. The molecule has 0 spiro atoms. The Balaban J connectivity index is 1.42. The maximum atomic E-state index is 12.2. The Hall–Kier alpha value is -2.63. The van der Waals surface area contributed by atoms with Crippen LogP contribution in [0.2, 0.25) is 5.02 Å². The molecular formula is C23H25ClN2O3. The Bertz CT molecular complexity index is 855. The van der Waals surface area contributed by atoms with E-state index in [-0.39, 0.29) is 17.9 Å². The van der Waals surface area contributed by atoms with Crippen molar-refractivity contribution in [2.24, 2.45) is 0 Å². The van der Waals surface area contributed by atoms with E-state index in [1.54, 1.807) is 30.3 Å². The number of amides is 1. The lowest BCUT2D eigenvalue weighted by molar-refractivity contribution is -0.117. The molecule has 152 valence electrons. The van der Waals surface area contributed by atoms with Gasteiger partial charge in [0.2, 0.25) is 5.91 Å². The summed E-state index contributed by atoms with van der Waals surface area (Å²) >= 11 is 5.93. The minimum atomic E-state index is -0.374. The zero-order valence-electron chi connectivity index (χ0n) is 16.4. The molecular weight excluding hydrogens is 388 g/mol. The highest BCUT2D eigenvalue weighted by atomic mass is 35.5. The smallest absolute Gasteiger partial charge is 0.337 e. The van der Waals surface area contributed by atoms with Gasteiger partial charge < -0.3 is 10.1 Å². The molecule has 2 aromatic carbocycles. The Morgan fingerprint density at radius 2 is 1.76 bits per heavy atom. The zero-order chi connectivity index (χ0) is 20.6. The van der Waals surface area contributed by atoms with Gasteiger partial charge in [-0.3, -0.25) is 9.69 Å². The summed E-state index contributed by atoms with van der Waals surface area (Å²) in [5.41, 5.74) is 2.59. The van der Waals surface area contributed by atoms with E-state index < -0.39 is 0 Å². The van der Waals surface area contributed by atoms with Crippen molar-refractivity contribution in [3.8, 4) is 0 Å². The summed E-state index contributed by atoms with van der Waals surface area (Å²) < 4.78 is 4.67. The van der Waals surface area contributed by atoms with Gasteiger partial charge in [-0.1, -0.05) is 35.9 Å². The Morgan fingerprint density at radius 3 is 2.38 bits per heavy atom. The quantitative estimate of drug-likeness (QED) is 0.577. The minimum Gasteiger partial charge on any atom is -0.465 e. The van der Waals surface area contributed by atoms with E-state index in [2.05, 4.69) is 27.1 Å². The molecule has 0 aliphatic carbocycles. The number of ether oxygens (including phenoxy) is 1. The second-order valence-corrected chi connectivity index (χ2v) is 7.57. The third-order valence-corrected chi connectivity index (χ3v) is 5.26. The molecule has 1 N–H and O–H groups in total. The van der Waals surface area contributed by atoms with Crippen molar-refractivity contribution in [2.75, 3.05) is 20.2 Å². The summed E-state index contributed by atoms with van der Waals surface area (Å²) in [6, 6.07) is 15.1. The van der Waals surface area contributed by atoms with E-state index >= 15 is 0 Å². The number of methoxy groups -OCH3 is 1. The fourth-order valence-corrected chi connectivity index (χ4v) is 3.48. The van der Waals surface area contributed by atoms with E-state index in [9.17, 15) is 9.59 Å². The van der Waals surface area contributed by atoms with Gasteiger partial charge in [-0.25, -0.2) is 4.79 Å². The molecule has 3 rings (SSSR count). The number of carbonyl (C=O) groups excluding carboxylic acids is 2. The van der Waals surface area contributed by atoms with Crippen LogP contribution < -0.4 is 5.32 Å². The molecule has 1 fully saturated rings. The number of rotatable bonds is 6. The summed E-state index contributed by atoms with van der Waals surface area (Å²) in [6.45, 7) is 2.80. The second kappa shape index (κ2) is 10.2. The first-order valence-electron chi connectivity index (χ1n) is 9.67. The standard InChI is InChI=1S/C23H25ClN2O3/c1-29-23(28)19-7-2-17(3-8-19)6-11-22(27)25-21-12-14-26(15-13-21)16-18-4-9-20(24)10-5-18/h2-11,21H,12-16H2,1H3,(H,25,27)/b11-6+. The van der Waals surface area contributed by atoms with Crippen molar-refractivity contribution in [3.63, 3.8) is 0 Å². The van der Waals surface area contributed by atoms with Crippen molar-refractivity contribution >= 4 is 29.6 Å². The molecule has 29 heavy (non-hydrogen) atoms. The zero-order valence-corrected chi connectivity index (χ0v) is 17.2. The van der Waals surface area contributed by atoms with Gasteiger partial charge in [0.25, 0.3) is 0 Å². The molecule has 1 aliphatic heterocycles. The molecule has 0 radical (unpaired) electrons. The van der Waals surface area contributed by atoms with E-state index in [1.807, 2.05) is 12.1 Å². The molecule has 0 saturated carbocycles. The van der Waals surface area contributed by atoms with Gasteiger partial charge in [-0.2, -0.15) is 0 Å². The van der Waals surface area contributed by atoms with Crippen LogP contribution >= 0.6 is 11.6 Å². The van der Waals surface area contributed by atoms with Gasteiger partial charge in [-0.05, 0) is 54.3 Å². The molecule has 0 bridgehead atoms. The van der Waals surface area contributed by atoms with Crippen LogP contribution in [0, 0.1) is 0 Å². The van der Waals surface area contributed by atoms with E-state index in [0.29, 0.717) is 5.56 Å². The number of piperidine rings is 1. The number of likely N-dealkylation sites (tertiary alicyclic amines) is 1. The van der Waals surface area contributed by atoms with Crippen molar-refractivity contribution in [2.45, 2.75) is 25.4 Å². The van der Waals surface area contributed by atoms with Gasteiger partial charge >= 0.3 is 5.97 Å². The lowest BCUT2D eigenvalue weighted by Crippen LogP contribution is -2.43. The molecule has 1 amide bonds. The van der Waals surface area contributed by atoms with Gasteiger partial charge in [0, 0.05) is 36.8 Å². The topological polar surface area (TPSA) is 58.6 Å². The van der Waals surface area contributed by atoms with Crippen molar-refractivity contribution in [1.82, 2.24) is 10.2 Å². The monoisotopic (exact) mass is 412 g/mol. The third-order valence-electron chi connectivity index (χ3n) is 5.01. The first kappa shape index (κ1) is 21.1. The predicted molar refractivity (Wildman–Crippen MR) is 115 cm³/mol.